The summed E-state index contributed by atoms with van der Waals surface area (Å²) >= 11 is 0. The summed E-state index contributed by atoms with van der Waals surface area (Å²) in [6, 6.07) is 0. The molecule has 0 radical (unpaired) electrons. The van der Waals surface area contributed by atoms with Gasteiger partial charge in [0.05, 0.1) is 5.92 Å². The van der Waals surface area contributed by atoms with Crippen LogP contribution in [-0.4, -0.2) is 25.8 Å². The van der Waals surface area contributed by atoms with Gasteiger partial charge in [-0.25, -0.2) is 0 Å². The van der Waals surface area contributed by atoms with Gasteiger partial charge >= 0.3 is 5.97 Å². The molecule has 0 amide bonds. The number of hydrogen-bond donors (Lipinski definition) is 1. The molecule has 2 atom stereocenters. The largest absolute Gasteiger partial charge is 0.481 e. The van der Waals surface area contributed by atoms with Gasteiger partial charge in [0.1, 0.15) is 11.6 Å². The Kier molecular flexibility index (Phi) is 1.90. The Balaban J connectivity index is 2.35. The van der Waals surface area contributed by atoms with Crippen molar-refractivity contribution in [3.8, 4) is 0 Å². The first-order valence-corrected chi connectivity index (χ1v) is 4.96. The van der Waals surface area contributed by atoms with Gasteiger partial charge in [-0.1, -0.05) is 13.8 Å². The molecule has 1 N–H and O–H groups in total. The maximum atomic E-state index is 11.0. The van der Waals surface area contributed by atoms with Crippen LogP contribution >= 0.6 is 0 Å². The number of aryl methyl sites for hydroxylation is 1. The van der Waals surface area contributed by atoms with Crippen LogP contribution in [0.1, 0.15) is 31.4 Å². The molecule has 1 aromatic heterocycles. The number of rotatable bonds is 2. The van der Waals surface area contributed by atoms with Crippen molar-refractivity contribution in [3.05, 3.63) is 11.6 Å². The minimum absolute atomic E-state index is 0.0128. The highest BCUT2D eigenvalue weighted by molar-refractivity contribution is 5.77. The van der Waals surface area contributed by atoms with E-state index >= 15 is 0 Å². The normalized spacial score (nSPS) is 27.7. The molecule has 1 fully saturated rings. The number of nitrogens with zero attached hydrogens (tertiary/aromatic N) is 3. The Labute approximate surface area is 88.1 Å². The standard InChI is InChI=1S/C10H15N3O2/c1-5-11-12-8(13(5)4)6-7(9(14)15)10(6,2)3/h6-7H,1-4H3,(H,14,15). The zero-order chi connectivity index (χ0) is 11.4. The fourth-order valence-corrected chi connectivity index (χ4v) is 2.27. The van der Waals surface area contributed by atoms with Crippen molar-refractivity contribution in [3.63, 3.8) is 0 Å². The molecular formula is C10H15N3O2. The Bertz CT molecular complexity index is 422. The number of aromatic nitrogens is 3. The summed E-state index contributed by atoms with van der Waals surface area (Å²) in [5.74, 6) is 0.508. The van der Waals surface area contributed by atoms with Crippen molar-refractivity contribution in [2.75, 3.05) is 0 Å². The molecule has 5 nitrogen and oxygen atoms in total. The van der Waals surface area contributed by atoms with Crippen LogP contribution in [0.25, 0.3) is 0 Å². The fraction of sp³-hybridized carbons (Fsp3) is 0.700. The molecule has 1 heterocycles. The second-order valence-electron chi connectivity index (χ2n) is 4.78. The van der Waals surface area contributed by atoms with Crippen molar-refractivity contribution >= 4 is 5.97 Å². The number of carbonyl (C=O) groups is 1. The number of carboxylic acids is 1. The summed E-state index contributed by atoms with van der Waals surface area (Å²) < 4.78 is 1.87. The Hall–Kier alpha value is -1.39. The highest BCUT2D eigenvalue weighted by atomic mass is 16.4. The zero-order valence-corrected chi connectivity index (χ0v) is 9.35. The highest BCUT2D eigenvalue weighted by Crippen LogP contribution is 2.63. The first kappa shape index (κ1) is 10.1. The minimum atomic E-state index is -0.745. The first-order chi connectivity index (χ1) is 6.87. The maximum absolute atomic E-state index is 11.0. The van der Waals surface area contributed by atoms with Gasteiger partial charge in [-0.05, 0) is 12.3 Å². The fourth-order valence-electron chi connectivity index (χ4n) is 2.27. The number of hydrogen-bond acceptors (Lipinski definition) is 3. The molecule has 1 aliphatic carbocycles. The summed E-state index contributed by atoms with van der Waals surface area (Å²) in [4.78, 5) is 11.0. The molecule has 15 heavy (non-hydrogen) atoms. The lowest BCUT2D eigenvalue weighted by molar-refractivity contribution is -0.139. The third-order valence-corrected chi connectivity index (χ3v) is 3.50. The van der Waals surface area contributed by atoms with Crippen LogP contribution in [0.3, 0.4) is 0 Å². The molecule has 1 aliphatic rings. The molecule has 0 bridgehead atoms. The van der Waals surface area contributed by atoms with E-state index in [1.807, 2.05) is 32.4 Å². The van der Waals surface area contributed by atoms with Crippen LogP contribution in [0.15, 0.2) is 0 Å². The molecule has 0 aromatic carbocycles. The summed E-state index contributed by atoms with van der Waals surface area (Å²) in [5.41, 5.74) is -0.209. The molecule has 2 unspecified atom stereocenters. The summed E-state index contributed by atoms with van der Waals surface area (Å²) in [5, 5.41) is 17.1. The van der Waals surface area contributed by atoms with Crippen LogP contribution < -0.4 is 0 Å². The van der Waals surface area contributed by atoms with Gasteiger partial charge in [-0.15, -0.1) is 10.2 Å². The molecule has 1 aromatic rings. The molecule has 1 saturated carbocycles. The van der Waals surface area contributed by atoms with E-state index in [9.17, 15) is 4.79 Å². The average molecular weight is 209 g/mol. The van der Waals surface area contributed by atoms with Crippen molar-refractivity contribution in [2.24, 2.45) is 18.4 Å². The molecule has 82 valence electrons. The number of aliphatic carboxylic acids is 1. The van der Waals surface area contributed by atoms with E-state index in [1.165, 1.54) is 0 Å². The second kappa shape index (κ2) is 2.81. The first-order valence-electron chi connectivity index (χ1n) is 4.96. The van der Waals surface area contributed by atoms with Crippen LogP contribution in [-0.2, 0) is 11.8 Å². The lowest BCUT2D eigenvalue weighted by Gasteiger charge is -2.02. The Morgan fingerprint density at radius 3 is 2.40 bits per heavy atom. The molecule has 0 aliphatic heterocycles. The molecule has 0 spiro atoms. The van der Waals surface area contributed by atoms with E-state index in [0.29, 0.717) is 0 Å². The van der Waals surface area contributed by atoms with Gasteiger partial charge in [0.2, 0.25) is 0 Å². The Morgan fingerprint density at radius 1 is 1.47 bits per heavy atom. The van der Waals surface area contributed by atoms with E-state index in [1.54, 1.807) is 0 Å². The van der Waals surface area contributed by atoms with E-state index in [4.69, 9.17) is 5.11 Å². The van der Waals surface area contributed by atoms with E-state index in [-0.39, 0.29) is 17.3 Å². The number of carboxylic acid groups (broad SMARTS) is 1. The quantitative estimate of drug-likeness (QED) is 0.787. The molecule has 2 rings (SSSR count). The zero-order valence-electron chi connectivity index (χ0n) is 9.35. The summed E-state index contributed by atoms with van der Waals surface area (Å²) in [6.45, 7) is 5.78. The third kappa shape index (κ3) is 1.26. The summed E-state index contributed by atoms with van der Waals surface area (Å²) in [7, 11) is 1.87. The van der Waals surface area contributed by atoms with Crippen LogP contribution in [0.4, 0.5) is 0 Å². The van der Waals surface area contributed by atoms with Crippen LogP contribution in [0.2, 0.25) is 0 Å². The lowest BCUT2D eigenvalue weighted by atomic mass is 10.1. The predicted octanol–water partition coefficient (Wildman–Crippen LogP) is 0.948. The average Bonchev–Trinajstić information content (AvgIpc) is 2.54. The lowest BCUT2D eigenvalue weighted by Crippen LogP contribution is -2.04. The van der Waals surface area contributed by atoms with Crippen molar-refractivity contribution in [1.82, 2.24) is 14.8 Å². The van der Waals surface area contributed by atoms with Gasteiger partial charge < -0.3 is 9.67 Å². The molecule has 0 saturated heterocycles. The van der Waals surface area contributed by atoms with E-state index < -0.39 is 5.97 Å². The van der Waals surface area contributed by atoms with Gasteiger partial charge in [0.25, 0.3) is 0 Å². The predicted molar refractivity (Wildman–Crippen MR) is 53.4 cm³/mol. The minimum Gasteiger partial charge on any atom is -0.481 e. The highest BCUT2D eigenvalue weighted by Gasteiger charge is 2.64. The van der Waals surface area contributed by atoms with E-state index in [2.05, 4.69) is 10.2 Å². The SMILES string of the molecule is Cc1nnc(C2C(C(=O)O)C2(C)C)n1C. The topological polar surface area (TPSA) is 68.0 Å². The van der Waals surface area contributed by atoms with Crippen molar-refractivity contribution < 1.29 is 9.90 Å². The smallest absolute Gasteiger partial charge is 0.307 e. The molecule has 5 heteroatoms. The monoisotopic (exact) mass is 209 g/mol. The molecular weight excluding hydrogens is 194 g/mol. The van der Waals surface area contributed by atoms with Gasteiger partial charge in [0, 0.05) is 13.0 Å². The Morgan fingerprint density at radius 2 is 2.07 bits per heavy atom. The third-order valence-electron chi connectivity index (χ3n) is 3.50. The van der Waals surface area contributed by atoms with E-state index in [0.717, 1.165) is 11.6 Å². The van der Waals surface area contributed by atoms with Gasteiger partial charge in [-0.2, -0.15) is 0 Å². The maximum Gasteiger partial charge on any atom is 0.307 e. The van der Waals surface area contributed by atoms with Gasteiger partial charge in [-0.3, -0.25) is 4.79 Å². The second-order valence-corrected chi connectivity index (χ2v) is 4.78. The van der Waals surface area contributed by atoms with Crippen LogP contribution in [0, 0.1) is 18.3 Å². The van der Waals surface area contributed by atoms with Crippen LogP contribution in [0.5, 0.6) is 0 Å². The van der Waals surface area contributed by atoms with Gasteiger partial charge in [0.15, 0.2) is 0 Å². The van der Waals surface area contributed by atoms with Crippen molar-refractivity contribution in [1.29, 1.82) is 0 Å². The van der Waals surface area contributed by atoms with Crippen molar-refractivity contribution in [2.45, 2.75) is 26.7 Å². The summed E-state index contributed by atoms with van der Waals surface area (Å²) in [6.07, 6.45) is 0.